The fourth-order valence-electron chi connectivity index (χ4n) is 1.78. The number of nitro benzene ring substituents is 1. The summed E-state index contributed by atoms with van der Waals surface area (Å²) in [5, 5.41) is 23.0. The first-order chi connectivity index (χ1) is 9.97. The van der Waals surface area contributed by atoms with E-state index >= 15 is 0 Å². The highest BCUT2D eigenvalue weighted by Crippen LogP contribution is 2.20. The SMILES string of the molecule is O=[N+]([O-])c1ccc(C(O)CNc2cc(F)ccc2F)cc1. The van der Waals surface area contributed by atoms with E-state index in [4.69, 9.17) is 0 Å². The molecule has 0 saturated carbocycles. The second-order valence-electron chi connectivity index (χ2n) is 4.37. The molecule has 0 aromatic heterocycles. The van der Waals surface area contributed by atoms with Crippen LogP contribution in [0.15, 0.2) is 42.5 Å². The molecule has 0 radical (unpaired) electrons. The van der Waals surface area contributed by atoms with Gasteiger partial charge >= 0.3 is 0 Å². The molecule has 0 aliphatic rings. The predicted molar refractivity (Wildman–Crippen MR) is 72.9 cm³/mol. The van der Waals surface area contributed by atoms with Crippen LogP contribution in [0, 0.1) is 21.7 Å². The Kier molecular flexibility index (Phi) is 4.44. The maximum Gasteiger partial charge on any atom is 0.269 e. The standard InChI is InChI=1S/C14H12F2N2O3/c15-10-3-6-12(16)13(7-10)17-8-14(19)9-1-4-11(5-2-9)18(20)21/h1-7,14,17,19H,8H2. The summed E-state index contributed by atoms with van der Waals surface area (Å²) in [6, 6.07) is 8.31. The van der Waals surface area contributed by atoms with Crippen molar-refractivity contribution in [2.24, 2.45) is 0 Å². The third kappa shape index (κ3) is 3.73. The number of nitrogens with one attached hydrogen (secondary N) is 1. The number of aliphatic hydroxyl groups excluding tert-OH is 1. The summed E-state index contributed by atoms with van der Waals surface area (Å²) in [5.41, 5.74) is 0.288. The Bertz CT molecular complexity index is 647. The normalized spacial score (nSPS) is 12.0. The third-order valence-corrected chi connectivity index (χ3v) is 2.90. The van der Waals surface area contributed by atoms with E-state index in [-0.39, 0.29) is 17.9 Å². The van der Waals surface area contributed by atoms with Crippen LogP contribution in [0.5, 0.6) is 0 Å². The fraction of sp³-hybridized carbons (Fsp3) is 0.143. The van der Waals surface area contributed by atoms with Crippen LogP contribution in [0.3, 0.4) is 0 Å². The highest BCUT2D eigenvalue weighted by molar-refractivity contribution is 5.45. The smallest absolute Gasteiger partial charge is 0.269 e. The first kappa shape index (κ1) is 14.9. The molecule has 21 heavy (non-hydrogen) atoms. The molecule has 1 atom stereocenters. The Hall–Kier alpha value is -2.54. The minimum Gasteiger partial charge on any atom is -0.387 e. The van der Waals surface area contributed by atoms with Gasteiger partial charge in [-0.2, -0.15) is 0 Å². The van der Waals surface area contributed by atoms with Gasteiger partial charge in [0, 0.05) is 18.7 Å². The molecule has 0 saturated heterocycles. The Morgan fingerprint density at radius 2 is 1.86 bits per heavy atom. The molecule has 0 aliphatic carbocycles. The second kappa shape index (κ2) is 6.27. The van der Waals surface area contributed by atoms with Crippen LogP contribution in [0.2, 0.25) is 0 Å². The van der Waals surface area contributed by atoms with Gasteiger partial charge < -0.3 is 10.4 Å². The predicted octanol–water partition coefficient (Wildman–Crippen LogP) is 3.02. The van der Waals surface area contributed by atoms with Crippen LogP contribution in [0.1, 0.15) is 11.7 Å². The van der Waals surface area contributed by atoms with Crippen molar-refractivity contribution in [1.82, 2.24) is 0 Å². The Morgan fingerprint density at radius 1 is 1.19 bits per heavy atom. The fourth-order valence-corrected chi connectivity index (χ4v) is 1.78. The van der Waals surface area contributed by atoms with Crippen LogP contribution < -0.4 is 5.32 Å². The van der Waals surface area contributed by atoms with Crippen molar-refractivity contribution in [1.29, 1.82) is 0 Å². The average molecular weight is 294 g/mol. The molecule has 0 heterocycles. The van der Waals surface area contributed by atoms with Crippen LogP contribution in [0.4, 0.5) is 20.2 Å². The molecule has 2 aromatic rings. The lowest BCUT2D eigenvalue weighted by Gasteiger charge is -2.13. The van der Waals surface area contributed by atoms with E-state index < -0.39 is 22.7 Å². The molecule has 2 N–H and O–H groups in total. The number of anilines is 1. The molecule has 0 fully saturated rings. The van der Waals surface area contributed by atoms with Gasteiger partial charge in [0.15, 0.2) is 0 Å². The molecule has 2 rings (SSSR count). The lowest BCUT2D eigenvalue weighted by molar-refractivity contribution is -0.384. The summed E-state index contributed by atoms with van der Waals surface area (Å²) in [6.45, 7) is -0.0574. The highest BCUT2D eigenvalue weighted by Gasteiger charge is 2.11. The van der Waals surface area contributed by atoms with Gasteiger partial charge in [-0.15, -0.1) is 0 Å². The van der Waals surface area contributed by atoms with Crippen molar-refractivity contribution in [3.63, 3.8) is 0 Å². The van der Waals surface area contributed by atoms with Crippen molar-refractivity contribution >= 4 is 11.4 Å². The van der Waals surface area contributed by atoms with Crippen molar-refractivity contribution in [2.45, 2.75) is 6.10 Å². The zero-order valence-corrected chi connectivity index (χ0v) is 10.8. The van der Waals surface area contributed by atoms with E-state index in [0.29, 0.717) is 5.56 Å². The summed E-state index contributed by atoms with van der Waals surface area (Å²) in [7, 11) is 0. The Balaban J connectivity index is 2.02. The van der Waals surface area contributed by atoms with Crippen LogP contribution >= 0.6 is 0 Å². The zero-order valence-electron chi connectivity index (χ0n) is 10.8. The minimum absolute atomic E-state index is 0.0574. The number of aliphatic hydroxyl groups is 1. The van der Waals surface area contributed by atoms with Gasteiger partial charge in [0.05, 0.1) is 16.7 Å². The van der Waals surface area contributed by atoms with E-state index in [0.717, 1.165) is 18.2 Å². The van der Waals surface area contributed by atoms with Gasteiger partial charge in [0.25, 0.3) is 5.69 Å². The summed E-state index contributed by atoms with van der Waals surface area (Å²) < 4.78 is 26.4. The first-order valence-corrected chi connectivity index (χ1v) is 6.08. The van der Waals surface area contributed by atoms with Crippen molar-refractivity contribution in [3.05, 3.63) is 69.8 Å². The number of hydrogen-bond donors (Lipinski definition) is 2. The van der Waals surface area contributed by atoms with Crippen molar-refractivity contribution in [3.8, 4) is 0 Å². The van der Waals surface area contributed by atoms with E-state index in [1.165, 1.54) is 24.3 Å². The van der Waals surface area contributed by atoms with Gasteiger partial charge in [-0.05, 0) is 35.9 Å². The number of rotatable bonds is 5. The van der Waals surface area contributed by atoms with E-state index in [9.17, 15) is 24.0 Å². The molecule has 2 aromatic carbocycles. The number of halogens is 2. The highest BCUT2D eigenvalue weighted by atomic mass is 19.1. The van der Waals surface area contributed by atoms with Gasteiger partial charge in [0.1, 0.15) is 11.6 Å². The summed E-state index contributed by atoms with van der Waals surface area (Å²) in [6.07, 6.45) is -1.01. The molecule has 7 heteroatoms. The molecule has 0 bridgehead atoms. The first-order valence-electron chi connectivity index (χ1n) is 6.08. The van der Waals surface area contributed by atoms with Gasteiger partial charge in [-0.1, -0.05) is 0 Å². The molecule has 5 nitrogen and oxygen atoms in total. The molecular formula is C14H12F2N2O3. The molecule has 0 spiro atoms. The Morgan fingerprint density at radius 3 is 2.48 bits per heavy atom. The molecular weight excluding hydrogens is 282 g/mol. The van der Waals surface area contributed by atoms with Crippen LogP contribution in [0.25, 0.3) is 0 Å². The monoisotopic (exact) mass is 294 g/mol. The molecule has 0 amide bonds. The van der Waals surface area contributed by atoms with Crippen molar-refractivity contribution < 1.29 is 18.8 Å². The van der Waals surface area contributed by atoms with E-state index in [1.54, 1.807) is 0 Å². The maximum absolute atomic E-state index is 13.4. The van der Waals surface area contributed by atoms with Crippen LogP contribution in [-0.2, 0) is 0 Å². The molecule has 0 aliphatic heterocycles. The van der Waals surface area contributed by atoms with Crippen molar-refractivity contribution in [2.75, 3.05) is 11.9 Å². The van der Waals surface area contributed by atoms with Gasteiger partial charge in [-0.25, -0.2) is 8.78 Å². The summed E-state index contributed by atoms with van der Waals surface area (Å²) in [5.74, 6) is -1.23. The lowest BCUT2D eigenvalue weighted by Crippen LogP contribution is -2.13. The quantitative estimate of drug-likeness (QED) is 0.656. The van der Waals surface area contributed by atoms with E-state index in [2.05, 4.69) is 5.32 Å². The van der Waals surface area contributed by atoms with Crippen LogP contribution in [-0.4, -0.2) is 16.6 Å². The number of non-ortho nitro benzene ring substituents is 1. The number of hydrogen-bond acceptors (Lipinski definition) is 4. The summed E-state index contributed by atoms with van der Waals surface area (Å²) in [4.78, 5) is 9.97. The molecule has 110 valence electrons. The average Bonchev–Trinajstić information content (AvgIpc) is 2.48. The maximum atomic E-state index is 13.4. The largest absolute Gasteiger partial charge is 0.387 e. The third-order valence-electron chi connectivity index (χ3n) is 2.90. The number of nitrogens with zero attached hydrogens (tertiary/aromatic N) is 1. The second-order valence-corrected chi connectivity index (χ2v) is 4.37. The van der Waals surface area contributed by atoms with Gasteiger partial charge in [-0.3, -0.25) is 10.1 Å². The number of benzene rings is 2. The topological polar surface area (TPSA) is 75.4 Å². The number of nitro groups is 1. The van der Waals surface area contributed by atoms with E-state index in [1.807, 2.05) is 0 Å². The molecule has 1 unspecified atom stereocenters. The van der Waals surface area contributed by atoms with Gasteiger partial charge in [0.2, 0.25) is 0 Å². The Labute approximate surface area is 119 Å². The zero-order chi connectivity index (χ0) is 15.4. The lowest BCUT2D eigenvalue weighted by atomic mass is 10.1. The summed E-state index contributed by atoms with van der Waals surface area (Å²) >= 11 is 0. The minimum atomic E-state index is -1.01.